The molecule has 3 rings (SSSR count). The summed E-state index contributed by atoms with van der Waals surface area (Å²) in [5.74, 6) is 1.47. The molecule has 0 aliphatic rings. The van der Waals surface area contributed by atoms with E-state index in [0.717, 1.165) is 17.1 Å². The summed E-state index contributed by atoms with van der Waals surface area (Å²) in [6.07, 6.45) is 0. The normalized spacial score (nSPS) is 10.8. The van der Waals surface area contributed by atoms with Gasteiger partial charge in [-0.2, -0.15) is 0 Å². The zero-order chi connectivity index (χ0) is 19.4. The van der Waals surface area contributed by atoms with Crippen LogP contribution in [-0.2, 0) is 4.74 Å². The summed E-state index contributed by atoms with van der Waals surface area (Å²) in [6, 6.07) is 7.22. The Kier molecular flexibility index (Phi) is 5.75. The number of hydrogen-bond acceptors (Lipinski definition) is 7. The summed E-state index contributed by atoms with van der Waals surface area (Å²) in [6.45, 7) is 6.27. The van der Waals surface area contributed by atoms with Crippen molar-refractivity contribution in [3.05, 3.63) is 50.9 Å². The zero-order valence-electron chi connectivity index (χ0n) is 15.3. The third kappa shape index (κ3) is 4.28. The van der Waals surface area contributed by atoms with Crippen LogP contribution in [0.25, 0.3) is 10.2 Å². The quantitative estimate of drug-likeness (QED) is 0.494. The van der Waals surface area contributed by atoms with Crippen LogP contribution in [0, 0.1) is 13.8 Å². The number of esters is 1. The van der Waals surface area contributed by atoms with Crippen molar-refractivity contribution in [1.29, 1.82) is 0 Å². The fraction of sp³-hybridized carbons (Fsp3) is 0.316. The van der Waals surface area contributed by atoms with Gasteiger partial charge in [-0.1, -0.05) is 0 Å². The number of aromatic nitrogens is 2. The second kappa shape index (κ2) is 8.22. The first-order valence-electron chi connectivity index (χ1n) is 8.52. The Balaban J connectivity index is 1.58. The third-order valence-electron chi connectivity index (χ3n) is 3.82. The number of hydrogen-bond donors (Lipinski definition) is 1. The maximum absolute atomic E-state index is 12.3. The van der Waals surface area contributed by atoms with E-state index in [1.807, 2.05) is 19.1 Å². The molecule has 1 N–H and O–H groups in total. The van der Waals surface area contributed by atoms with Gasteiger partial charge in [0.2, 0.25) is 0 Å². The number of fused-ring (bicyclic) bond motifs is 1. The molecule has 3 aromatic rings. The number of nitrogens with zero attached hydrogens (tertiary/aromatic N) is 1. The summed E-state index contributed by atoms with van der Waals surface area (Å²) < 4.78 is 16.2. The van der Waals surface area contributed by atoms with E-state index >= 15 is 0 Å². The zero-order valence-corrected chi connectivity index (χ0v) is 16.1. The van der Waals surface area contributed by atoms with E-state index in [-0.39, 0.29) is 18.8 Å². The van der Waals surface area contributed by atoms with Crippen molar-refractivity contribution in [3.63, 3.8) is 0 Å². The van der Waals surface area contributed by atoms with Crippen molar-refractivity contribution >= 4 is 27.5 Å². The standard InChI is InChI=1S/C19H20N2O5S/c1-4-24-13-5-7-14(8-6-13)25-9-10-26-19(23)16-11(2)15-17(22)20-12(3)21-18(15)27-16/h5-8H,4,9-10H2,1-3H3,(H,20,21,22). The van der Waals surface area contributed by atoms with Gasteiger partial charge in [0.25, 0.3) is 5.56 Å². The minimum absolute atomic E-state index is 0.0997. The average Bonchev–Trinajstić information content (AvgIpc) is 2.97. The molecule has 0 atom stereocenters. The molecule has 0 saturated heterocycles. The molecular formula is C19H20N2O5S. The first-order valence-corrected chi connectivity index (χ1v) is 9.34. The van der Waals surface area contributed by atoms with Gasteiger partial charge in [-0.3, -0.25) is 4.79 Å². The van der Waals surface area contributed by atoms with Crippen molar-refractivity contribution in [2.75, 3.05) is 19.8 Å². The van der Waals surface area contributed by atoms with Gasteiger partial charge < -0.3 is 19.2 Å². The lowest BCUT2D eigenvalue weighted by Gasteiger charge is -2.08. The predicted molar refractivity (Wildman–Crippen MR) is 103 cm³/mol. The molecule has 0 fully saturated rings. The van der Waals surface area contributed by atoms with E-state index in [1.54, 1.807) is 26.0 Å². The number of benzene rings is 1. The number of aromatic amines is 1. The second-order valence-corrected chi connectivity index (χ2v) is 6.78. The van der Waals surface area contributed by atoms with Crippen LogP contribution in [0.3, 0.4) is 0 Å². The number of nitrogens with one attached hydrogen (secondary N) is 1. The molecule has 2 aromatic heterocycles. The molecule has 0 saturated carbocycles. The topological polar surface area (TPSA) is 90.5 Å². The van der Waals surface area contributed by atoms with Crippen LogP contribution in [0.15, 0.2) is 29.1 Å². The fourth-order valence-corrected chi connectivity index (χ4v) is 3.73. The number of thiophene rings is 1. The van der Waals surface area contributed by atoms with Gasteiger partial charge in [0.15, 0.2) is 0 Å². The van der Waals surface area contributed by atoms with Crippen molar-refractivity contribution in [1.82, 2.24) is 9.97 Å². The molecule has 0 spiro atoms. The molecule has 0 aliphatic heterocycles. The second-order valence-electron chi connectivity index (χ2n) is 5.78. The molecule has 27 heavy (non-hydrogen) atoms. The van der Waals surface area contributed by atoms with Crippen LogP contribution in [0.5, 0.6) is 11.5 Å². The van der Waals surface area contributed by atoms with Crippen LogP contribution in [-0.4, -0.2) is 35.8 Å². The minimum atomic E-state index is -0.483. The van der Waals surface area contributed by atoms with E-state index in [9.17, 15) is 9.59 Å². The minimum Gasteiger partial charge on any atom is -0.494 e. The molecule has 142 valence electrons. The fourth-order valence-electron chi connectivity index (χ4n) is 2.60. The third-order valence-corrected chi connectivity index (χ3v) is 4.99. The summed E-state index contributed by atoms with van der Waals surface area (Å²) in [5, 5.41) is 0.434. The molecule has 0 amide bonds. The maximum atomic E-state index is 12.3. The predicted octanol–water partition coefficient (Wildman–Crippen LogP) is 3.24. The largest absolute Gasteiger partial charge is 0.494 e. The van der Waals surface area contributed by atoms with Gasteiger partial charge in [-0.15, -0.1) is 11.3 Å². The lowest BCUT2D eigenvalue weighted by molar-refractivity contribution is 0.0455. The lowest BCUT2D eigenvalue weighted by Crippen LogP contribution is -2.13. The van der Waals surface area contributed by atoms with E-state index < -0.39 is 5.97 Å². The van der Waals surface area contributed by atoms with Crippen LogP contribution in [0.1, 0.15) is 28.0 Å². The Labute approximate surface area is 159 Å². The van der Waals surface area contributed by atoms with Gasteiger partial charge in [-0.25, -0.2) is 9.78 Å². The van der Waals surface area contributed by atoms with Gasteiger partial charge in [0, 0.05) is 0 Å². The molecule has 0 radical (unpaired) electrons. The number of carbonyl (C=O) groups is 1. The monoisotopic (exact) mass is 388 g/mol. The number of H-pyrrole nitrogens is 1. The van der Waals surface area contributed by atoms with Gasteiger partial charge >= 0.3 is 5.97 Å². The molecule has 0 aliphatic carbocycles. The van der Waals surface area contributed by atoms with E-state index in [0.29, 0.717) is 38.8 Å². The number of carbonyl (C=O) groups excluding carboxylic acids is 1. The smallest absolute Gasteiger partial charge is 0.348 e. The summed E-state index contributed by atoms with van der Waals surface area (Å²) in [5.41, 5.74) is 0.338. The first kappa shape index (κ1) is 18.9. The average molecular weight is 388 g/mol. The summed E-state index contributed by atoms with van der Waals surface area (Å²) in [7, 11) is 0. The Morgan fingerprint density at radius 3 is 2.44 bits per heavy atom. The van der Waals surface area contributed by atoms with Crippen LogP contribution in [0.4, 0.5) is 0 Å². The van der Waals surface area contributed by atoms with Gasteiger partial charge in [0.05, 0.1) is 12.0 Å². The highest BCUT2D eigenvalue weighted by Gasteiger charge is 2.20. The molecule has 7 nitrogen and oxygen atoms in total. The number of aryl methyl sites for hydroxylation is 2. The van der Waals surface area contributed by atoms with Gasteiger partial charge in [0.1, 0.15) is 40.2 Å². The molecule has 2 heterocycles. The first-order chi connectivity index (χ1) is 13.0. The van der Waals surface area contributed by atoms with E-state index in [2.05, 4.69) is 9.97 Å². The van der Waals surface area contributed by atoms with E-state index in [4.69, 9.17) is 14.2 Å². The lowest BCUT2D eigenvalue weighted by atomic mass is 10.2. The summed E-state index contributed by atoms with van der Waals surface area (Å²) in [4.78, 5) is 32.2. The van der Waals surface area contributed by atoms with Crippen LogP contribution >= 0.6 is 11.3 Å². The molecular weight excluding hydrogens is 368 g/mol. The van der Waals surface area contributed by atoms with E-state index in [1.165, 1.54) is 0 Å². The molecule has 8 heteroatoms. The molecule has 0 bridgehead atoms. The molecule has 0 unspecified atom stereocenters. The van der Waals surface area contributed by atoms with Gasteiger partial charge in [-0.05, 0) is 50.6 Å². The summed E-state index contributed by atoms with van der Waals surface area (Å²) >= 11 is 1.16. The van der Waals surface area contributed by atoms with Crippen LogP contribution < -0.4 is 15.0 Å². The maximum Gasteiger partial charge on any atom is 0.348 e. The Bertz CT molecular complexity index is 1010. The number of rotatable bonds is 7. The van der Waals surface area contributed by atoms with Crippen molar-refractivity contribution in [2.24, 2.45) is 0 Å². The van der Waals surface area contributed by atoms with Crippen molar-refractivity contribution in [2.45, 2.75) is 20.8 Å². The van der Waals surface area contributed by atoms with Crippen molar-refractivity contribution in [3.8, 4) is 11.5 Å². The Morgan fingerprint density at radius 1 is 1.11 bits per heavy atom. The van der Waals surface area contributed by atoms with Crippen molar-refractivity contribution < 1.29 is 19.0 Å². The SMILES string of the molecule is CCOc1ccc(OCCOC(=O)c2sc3nc(C)[nH]c(=O)c3c2C)cc1. The Morgan fingerprint density at radius 2 is 1.78 bits per heavy atom. The number of ether oxygens (including phenoxy) is 3. The highest BCUT2D eigenvalue weighted by molar-refractivity contribution is 7.20. The van der Waals surface area contributed by atoms with Crippen LogP contribution in [0.2, 0.25) is 0 Å². The highest BCUT2D eigenvalue weighted by atomic mass is 32.1. The molecule has 1 aromatic carbocycles. The highest BCUT2D eigenvalue weighted by Crippen LogP contribution is 2.27. The Hall–Kier alpha value is -2.87.